The molecule has 4 aromatic rings. The number of halogens is 1. The maximum atomic E-state index is 12.6. The molecule has 0 bridgehead atoms. The Kier molecular flexibility index (Phi) is 3.81. The number of nitrogens with one attached hydrogen (secondary N) is 2. The van der Waals surface area contributed by atoms with Gasteiger partial charge in [-0.05, 0) is 30.3 Å². The lowest BCUT2D eigenvalue weighted by Gasteiger charge is -2.08. The molecule has 26 heavy (non-hydrogen) atoms. The van der Waals surface area contributed by atoms with Crippen molar-refractivity contribution in [3.8, 4) is 17.1 Å². The predicted octanol–water partition coefficient (Wildman–Crippen LogP) is 2.89. The number of anilines is 1. The molecule has 0 aliphatic carbocycles. The lowest BCUT2D eigenvalue weighted by atomic mass is 10.1. The van der Waals surface area contributed by atoms with E-state index in [1.54, 1.807) is 18.2 Å². The number of nitrogens with zero attached hydrogens (tertiary/aromatic N) is 2. The minimum atomic E-state index is -0.709. The molecule has 0 fully saturated rings. The number of benzene rings is 2. The number of H-pyrrole nitrogens is 1. The number of aromatic nitrogens is 3. The molecule has 1 amide bonds. The minimum absolute atomic E-state index is 0.00536. The Morgan fingerprint density at radius 2 is 2.00 bits per heavy atom. The fourth-order valence-electron chi connectivity index (χ4n) is 2.44. The number of fused-ring (bicyclic) bond motifs is 1. The van der Waals surface area contributed by atoms with Gasteiger partial charge in [0.2, 0.25) is 0 Å². The molecule has 0 aliphatic rings. The van der Waals surface area contributed by atoms with E-state index in [2.05, 4.69) is 41.1 Å². The molecule has 0 unspecified atom stereocenters. The Balaban J connectivity index is 1.73. The zero-order valence-corrected chi connectivity index (χ0v) is 14.4. The largest absolute Gasteiger partial charge is 0.508 e. The first-order chi connectivity index (χ1) is 12.5. The van der Waals surface area contributed by atoms with Gasteiger partial charge < -0.3 is 14.9 Å². The lowest BCUT2D eigenvalue weighted by Crippen LogP contribution is -2.13. The molecular weight excluding hydrogens is 408 g/mol. The maximum Gasteiger partial charge on any atom is 0.439 e. The third-order valence-electron chi connectivity index (χ3n) is 3.60. The second-order valence-corrected chi connectivity index (χ2v) is 6.21. The van der Waals surface area contributed by atoms with E-state index in [9.17, 15) is 14.7 Å². The number of hydrogen-bond donors (Lipinski definition) is 3. The Labute approximate surface area is 152 Å². The molecule has 2 aromatic heterocycles. The zero-order valence-electron chi connectivity index (χ0n) is 12.8. The average molecular weight is 417 g/mol. The molecule has 0 radical (unpaired) electrons. The van der Waals surface area contributed by atoms with E-state index in [0.717, 1.165) is 4.47 Å². The van der Waals surface area contributed by atoms with Crippen molar-refractivity contribution in [2.24, 2.45) is 0 Å². The van der Waals surface area contributed by atoms with E-state index in [4.69, 9.17) is 4.52 Å². The SMILES string of the molecule is O=C(Nc1ccc(Br)cc1-c1noc(=O)[nH]1)c1noc2cc(O)ccc12. The quantitative estimate of drug-likeness (QED) is 0.467. The molecule has 10 heteroatoms. The summed E-state index contributed by atoms with van der Waals surface area (Å²) >= 11 is 3.33. The van der Waals surface area contributed by atoms with Crippen molar-refractivity contribution in [2.45, 2.75) is 0 Å². The third-order valence-corrected chi connectivity index (χ3v) is 4.09. The van der Waals surface area contributed by atoms with Crippen molar-refractivity contribution < 1.29 is 18.9 Å². The second-order valence-electron chi connectivity index (χ2n) is 5.30. The molecule has 2 aromatic carbocycles. The van der Waals surface area contributed by atoms with E-state index >= 15 is 0 Å². The van der Waals surface area contributed by atoms with Crippen LogP contribution >= 0.6 is 15.9 Å². The summed E-state index contributed by atoms with van der Waals surface area (Å²) in [7, 11) is 0. The number of carbonyl (C=O) groups excluding carboxylic acids is 1. The molecule has 0 saturated carbocycles. The van der Waals surface area contributed by atoms with Gasteiger partial charge in [0.25, 0.3) is 5.91 Å². The van der Waals surface area contributed by atoms with Crippen molar-refractivity contribution >= 4 is 38.5 Å². The number of phenolic OH excluding ortho intramolecular Hbond substituents is 1. The van der Waals surface area contributed by atoms with Gasteiger partial charge in [-0.2, -0.15) is 0 Å². The Hall–Kier alpha value is -3.40. The monoisotopic (exact) mass is 416 g/mol. The highest BCUT2D eigenvalue weighted by Crippen LogP contribution is 2.29. The average Bonchev–Trinajstić information content (AvgIpc) is 3.22. The number of aromatic hydroxyl groups is 1. The highest BCUT2D eigenvalue weighted by Gasteiger charge is 2.19. The summed E-state index contributed by atoms with van der Waals surface area (Å²) in [6, 6.07) is 9.36. The summed E-state index contributed by atoms with van der Waals surface area (Å²) in [5.74, 6) is -1.06. The van der Waals surface area contributed by atoms with E-state index in [-0.39, 0.29) is 22.9 Å². The van der Waals surface area contributed by atoms with Gasteiger partial charge in [0.15, 0.2) is 17.1 Å². The van der Waals surface area contributed by atoms with Crippen molar-refractivity contribution in [2.75, 3.05) is 5.32 Å². The predicted molar refractivity (Wildman–Crippen MR) is 93.9 cm³/mol. The van der Waals surface area contributed by atoms with E-state index in [0.29, 0.717) is 16.6 Å². The van der Waals surface area contributed by atoms with Crippen LogP contribution in [0.4, 0.5) is 5.69 Å². The van der Waals surface area contributed by atoms with Gasteiger partial charge in [0.1, 0.15) is 5.75 Å². The molecule has 2 heterocycles. The molecule has 4 rings (SSSR count). The second kappa shape index (κ2) is 6.15. The number of rotatable bonds is 3. The van der Waals surface area contributed by atoms with Gasteiger partial charge in [-0.3, -0.25) is 14.3 Å². The van der Waals surface area contributed by atoms with Crippen molar-refractivity contribution in [1.82, 2.24) is 15.3 Å². The summed E-state index contributed by atoms with van der Waals surface area (Å²) < 4.78 is 10.3. The van der Waals surface area contributed by atoms with Crippen LogP contribution in [0.15, 0.2) is 54.7 Å². The molecule has 3 N–H and O–H groups in total. The number of carbonyl (C=O) groups is 1. The van der Waals surface area contributed by atoms with Crippen LogP contribution in [0.1, 0.15) is 10.5 Å². The Morgan fingerprint density at radius 1 is 1.15 bits per heavy atom. The zero-order chi connectivity index (χ0) is 18.3. The van der Waals surface area contributed by atoms with Crippen LogP contribution in [0.3, 0.4) is 0 Å². The smallest absolute Gasteiger partial charge is 0.439 e. The van der Waals surface area contributed by atoms with Gasteiger partial charge in [0.05, 0.1) is 11.1 Å². The first-order valence-electron chi connectivity index (χ1n) is 7.27. The number of aromatic amines is 1. The molecule has 0 saturated heterocycles. The van der Waals surface area contributed by atoms with Crippen LogP contribution < -0.4 is 11.1 Å². The minimum Gasteiger partial charge on any atom is -0.508 e. The molecule has 0 atom stereocenters. The van der Waals surface area contributed by atoms with Crippen LogP contribution in [-0.4, -0.2) is 26.3 Å². The Morgan fingerprint density at radius 3 is 2.77 bits per heavy atom. The van der Waals surface area contributed by atoms with Crippen LogP contribution in [-0.2, 0) is 0 Å². The van der Waals surface area contributed by atoms with Crippen LogP contribution in [0, 0.1) is 0 Å². The van der Waals surface area contributed by atoms with Gasteiger partial charge in [-0.15, -0.1) is 0 Å². The van der Waals surface area contributed by atoms with Crippen molar-refractivity contribution in [1.29, 1.82) is 0 Å². The van der Waals surface area contributed by atoms with E-state index in [1.165, 1.54) is 18.2 Å². The van der Waals surface area contributed by atoms with Gasteiger partial charge >= 0.3 is 5.76 Å². The fraction of sp³-hybridized carbons (Fsp3) is 0. The topological polar surface area (TPSA) is 134 Å². The maximum absolute atomic E-state index is 12.6. The highest BCUT2D eigenvalue weighted by atomic mass is 79.9. The lowest BCUT2D eigenvalue weighted by molar-refractivity contribution is 0.102. The molecule has 9 nitrogen and oxygen atoms in total. The normalized spacial score (nSPS) is 11.0. The Bertz CT molecular complexity index is 1190. The van der Waals surface area contributed by atoms with Gasteiger partial charge in [0, 0.05) is 16.1 Å². The number of phenols is 1. The van der Waals surface area contributed by atoms with Crippen LogP contribution in [0.5, 0.6) is 5.75 Å². The van der Waals surface area contributed by atoms with Crippen molar-refractivity contribution in [3.05, 3.63) is 57.1 Å². The van der Waals surface area contributed by atoms with E-state index in [1.807, 2.05) is 0 Å². The summed E-state index contributed by atoms with van der Waals surface area (Å²) in [5, 5.41) is 20.0. The molecule has 0 aliphatic heterocycles. The summed E-state index contributed by atoms with van der Waals surface area (Å²) in [4.78, 5) is 26.3. The van der Waals surface area contributed by atoms with E-state index < -0.39 is 11.7 Å². The molecule has 130 valence electrons. The summed E-state index contributed by atoms with van der Waals surface area (Å²) in [6.45, 7) is 0. The molecular formula is C16H9BrN4O5. The standard InChI is InChI=1S/C16H9BrN4O5/c17-7-1-4-11(10(5-7)14-19-16(24)26-21-14)18-15(23)13-9-3-2-8(22)6-12(9)25-20-13/h1-6,22H,(H,18,23)(H,19,21,24). The number of hydrogen-bond acceptors (Lipinski definition) is 7. The van der Waals surface area contributed by atoms with Crippen LogP contribution in [0.25, 0.3) is 22.4 Å². The first-order valence-corrected chi connectivity index (χ1v) is 8.06. The highest BCUT2D eigenvalue weighted by molar-refractivity contribution is 9.10. The fourth-order valence-corrected chi connectivity index (χ4v) is 2.80. The van der Waals surface area contributed by atoms with Crippen molar-refractivity contribution in [3.63, 3.8) is 0 Å². The number of amides is 1. The summed E-state index contributed by atoms with van der Waals surface area (Å²) in [5.41, 5.74) is 1.18. The summed E-state index contributed by atoms with van der Waals surface area (Å²) in [6.07, 6.45) is 0. The van der Waals surface area contributed by atoms with Gasteiger partial charge in [-0.25, -0.2) is 4.79 Å². The molecule has 0 spiro atoms. The first kappa shape index (κ1) is 16.1. The van der Waals surface area contributed by atoms with Gasteiger partial charge in [-0.1, -0.05) is 26.2 Å². The third kappa shape index (κ3) is 2.86. The van der Waals surface area contributed by atoms with Crippen LogP contribution in [0.2, 0.25) is 0 Å².